The molecule has 0 spiro atoms. The Hall–Kier alpha value is -3.94. The number of methoxy groups -OCH3 is 1. The molecule has 2 aliphatic carbocycles. The Morgan fingerprint density at radius 3 is 2.20 bits per heavy atom. The number of benzene rings is 2. The van der Waals surface area contributed by atoms with Crippen LogP contribution in [-0.4, -0.2) is 37.3 Å². The molecule has 2 aromatic carbocycles. The van der Waals surface area contributed by atoms with Crippen molar-refractivity contribution in [2.75, 3.05) is 23.5 Å². The molecule has 1 saturated carbocycles. The molecular formula is C27H24N2O6. The maximum atomic E-state index is 13.1. The maximum Gasteiger partial charge on any atom is 0.316 e. The van der Waals surface area contributed by atoms with E-state index in [1.54, 1.807) is 60.5 Å². The summed E-state index contributed by atoms with van der Waals surface area (Å²) in [6.45, 7) is 0.201. The number of imide groups is 1. The van der Waals surface area contributed by atoms with Crippen LogP contribution in [0, 0.1) is 29.6 Å². The fraction of sp³-hybridized carbons (Fsp3) is 0.333. The summed E-state index contributed by atoms with van der Waals surface area (Å²) in [4.78, 5) is 54.5. The topological polar surface area (TPSA) is 93.2 Å². The van der Waals surface area contributed by atoms with Gasteiger partial charge in [-0.15, -0.1) is 0 Å². The molecule has 8 nitrogen and oxygen atoms in total. The van der Waals surface area contributed by atoms with Crippen molar-refractivity contribution >= 4 is 35.1 Å². The Morgan fingerprint density at radius 2 is 1.51 bits per heavy atom. The number of fused-ring (bicyclic) bond motifs is 5. The zero-order valence-corrected chi connectivity index (χ0v) is 19.1. The van der Waals surface area contributed by atoms with Gasteiger partial charge in [-0.3, -0.25) is 19.2 Å². The molecule has 6 rings (SSSR count). The number of allylic oxidation sites excluding steroid dienone is 2. The van der Waals surface area contributed by atoms with Crippen LogP contribution in [0.15, 0.2) is 60.7 Å². The zero-order chi connectivity index (χ0) is 24.3. The molecule has 3 amide bonds. The first-order valence-electron chi connectivity index (χ1n) is 11.8. The second-order valence-corrected chi connectivity index (χ2v) is 9.54. The number of ether oxygens (including phenoxy) is 2. The van der Waals surface area contributed by atoms with E-state index in [4.69, 9.17) is 9.47 Å². The summed E-state index contributed by atoms with van der Waals surface area (Å²) in [6.07, 6.45) is 5.01. The summed E-state index contributed by atoms with van der Waals surface area (Å²) in [5.74, 6) is -1.18. The first kappa shape index (κ1) is 21.6. The lowest BCUT2D eigenvalue weighted by Crippen LogP contribution is -2.32. The van der Waals surface area contributed by atoms with Gasteiger partial charge in [0.15, 0.2) is 0 Å². The van der Waals surface area contributed by atoms with Crippen molar-refractivity contribution in [3.05, 3.63) is 60.7 Å². The average Bonchev–Trinajstić information content (AvgIpc) is 3.63. The summed E-state index contributed by atoms with van der Waals surface area (Å²) < 4.78 is 10.8. The normalized spacial score (nSPS) is 28.7. The van der Waals surface area contributed by atoms with Crippen molar-refractivity contribution < 1.29 is 28.7 Å². The molecule has 2 saturated heterocycles. The summed E-state index contributed by atoms with van der Waals surface area (Å²) in [6, 6.07) is 13.6. The van der Waals surface area contributed by atoms with Gasteiger partial charge in [-0.25, -0.2) is 4.90 Å². The Bertz CT molecular complexity index is 1260. The first-order valence-corrected chi connectivity index (χ1v) is 11.8. The number of esters is 1. The summed E-state index contributed by atoms with van der Waals surface area (Å²) in [5.41, 5.74) is 1.06. The molecular weight excluding hydrogens is 448 g/mol. The van der Waals surface area contributed by atoms with E-state index < -0.39 is 11.9 Å². The fourth-order valence-electron chi connectivity index (χ4n) is 5.94. The van der Waals surface area contributed by atoms with Gasteiger partial charge in [-0.05, 0) is 42.5 Å². The van der Waals surface area contributed by atoms with Gasteiger partial charge in [-0.1, -0.05) is 24.3 Å². The largest absolute Gasteiger partial charge is 0.497 e. The van der Waals surface area contributed by atoms with Gasteiger partial charge < -0.3 is 14.4 Å². The van der Waals surface area contributed by atoms with Crippen LogP contribution in [0.2, 0.25) is 0 Å². The number of hydrogen-bond donors (Lipinski definition) is 0. The summed E-state index contributed by atoms with van der Waals surface area (Å²) >= 11 is 0. The quantitative estimate of drug-likeness (QED) is 0.288. The highest BCUT2D eigenvalue weighted by Gasteiger charge is 2.59. The molecule has 0 radical (unpaired) electrons. The number of carbonyl (C=O) groups is 4. The number of carbonyl (C=O) groups excluding carboxylic acids is 4. The van der Waals surface area contributed by atoms with E-state index in [2.05, 4.69) is 12.2 Å². The van der Waals surface area contributed by atoms with Crippen LogP contribution in [0.1, 0.15) is 12.8 Å². The van der Waals surface area contributed by atoms with E-state index in [1.807, 2.05) is 0 Å². The minimum Gasteiger partial charge on any atom is -0.497 e. The van der Waals surface area contributed by atoms with Crippen LogP contribution in [0.5, 0.6) is 11.5 Å². The predicted octanol–water partition coefficient (Wildman–Crippen LogP) is 2.97. The van der Waals surface area contributed by atoms with E-state index in [0.29, 0.717) is 17.1 Å². The van der Waals surface area contributed by atoms with Crippen molar-refractivity contribution in [3.8, 4) is 11.5 Å². The highest BCUT2D eigenvalue weighted by Crippen LogP contribution is 2.53. The van der Waals surface area contributed by atoms with Crippen molar-refractivity contribution in [3.63, 3.8) is 0 Å². The smallest absolute Gasteiger partial charge is 0.316 e. The molecule has 5 unspecified atom stereocenters. The van der Waals surface area contributed by atoms with Gasteiger partial charge in [0.25, 0.3) is 0 Å². The van der Waals surface area contributed by atoms with Crippen molar-refractivity contribution in [1.29, 1.82) is 0 Å². The summed E-state index contributed by atoms with van der Waals surface area (Å²) in [7, 11) is 1.55. The number of amides is 3. The standard InChI is InChI=1S/C27H24N2O6/c1-34-20-6-2-4-18(12-20)28-14-17(11-22(28)30)27(33)35-21-7-3-5-19(13-21)29-25(31)23-15-8-9-16(10-15)24(23)26(29)32/h2-9,12-13,15-17,23-24H,10-11,14H2,1H3. The Kier molecular flexibility index (Phi) is 4.98. The van der Waals surface area contributed by atoms with Crippen LogP contribution >= 0.6 is 0 Å². The molecule has 5 atom stereocenters. The third kappa shape index (κ3) is 3.43. The van der Waals surface area contributed by atoms with Gasteiger partial charge >= 0.3 is 5.97 Å². The lowest BCUT2D eigenvalue weighted by molar-refractivity contribution is -0.139. The predicted molar refractivity (Wildman–Crippen MR) is 126 cm³/mol. The van der Waals surface area contributed by atoms with Crippen molar-refractivity contribution in [2.24, 2.45) is 29.6 Å². The van der Waals surface area contributed by atoms with E-state index >= 15 is 0 Å². The molecule has 2 heterocycles. The van der Waals surface area contributed by atoms with E-state index in [-0.39, 0.29) is 60.1 Å². The van der Waals surface area contributed by atoms with E-state index in [0.717, 1.165) is 6.42 Å². The summed E-state index contributed by atoms with van der Waals surface area (Å²) in [5, 5.41) is 0. The Balaban J connectivity index is 1.16. The van der Waals surface area contributed by atoms with Crippen LogP contribution in [-0.2, 0) is 19.2 Å². The van der Waals surface area contributed by atoms with E-state index in [9.17, 15) is 19.2 Å². The SMILES string of the molecule is COc1cccc(N2CC(C(=O)Oc3cccc(N4C(=O)C5C6C=CC(C6)C5C4=O)c3)CC2=O)c1. The molecule has 2 aromatic rings. The third-order valence-corrected chi connectivity index (χ3v) is 7.59. The molecule has 3 fully saturated rings. The van der Waals surface area contributed by atoms with Gasteiger partial charge in [0.05, 0.1) is 30.6 Å². The third-order valence-electron chi connectivity index (χ3n) is 7.59. The molecule has 2 bridgehead atoms. The number of nitrogens with zero attached hydrogens (tertiary/aromatic N) is 2. The van der Waals surface area contributed by atoms with Crippen molar-refractivity contribution in [2.45, 2.75) is 12.8 Å². The molecule has 0 aromatic heterocycles. The zero-order valence-electron chi connectivity index (χ0n) is 19.1. The Morgan fingerprint density at radius 1 is 0.886 bits per heavy atom. The number of rotatable bonds is 5. The molecule has 4 aliphatic rings. The fourth-order valence-corrected chi connectivity index (χ4v) is 5.94. The second-order valence-electron chi connectivity index (χ2n) is 9.54. The Labute approximate surface area is 202 Å². The first-order chi connectivity index (χ1) is 16.9. The molecule has 2 aliphatic heterocycles. The minimum absolute atomic E-state index is 0.0397. The van der Waals surface area contributed by atoms with Crippen molar-refractivity contribution in [1.82, 2.24) is 0 Å². The van der Waals surface area contributed by atoms with Gasteiger partial charge in [0.1, 0.15) is 11.5 Å². The highest BCUT2D eigenvalue weighted by atomic mass is 16.5. The van der Waals surface area contributed by atoms with Crippen LogP contribution < -0.4 is 19.3 Å². The van der Waals surface area contributed by atoms with Gasteiger partial charge in [-0.2, -0.15) is 0 Å². The molecule has 178 valence electrons. The molecule has 0 N–H and O–H groups in total. The van der Waals surface area contributed by atoms with Gasteiger partial charge in [0, 0.05) is 30.8 Å². The lowest BCUT2D eigenvalue weighted by atomic mass is 9.85. The second kappa shape index (κ2) is 8.08. The lowest BCUT2D eigenvalue weighted by Gasteiger charge is -2.18. The highest BCUT2D eigenvalue weighted by molar-refractivity contribution is 6.22. The number of hydrogen-bond acceptors (Lipinski definition) is 6. The molecule has 8 heteroatoms. The maximum absolute atomic E-state index is 13.1. The molecule has 35 heavy (non-hydrogen) atoms. The van der Waals surface area contributed by atoms with Gasteiger partial charge in [0.2, 0.25) is 17.7 Å². The van der Waals surface area contributed by atoms with Crippen LogP contribution in [0.4, 0.5) is 11.4 Å². The number of anilines is 2. The minimum atomic E-state index is -0.631. The van der Waals surface area contributed by atoms with E-state index in [1.165, 1.54) is 4.90 Å². The van der Waals surface area contributed by atoms with Crippen LogP contribution in [0.3, 0.4) is 0 Å². The average molecular weight is 472 g/mol. The monoisotopic (exact) mass is 472 g/mol. The van der Waals surface area contributed by atoms with Crippen LogP contribution in [0.25, 0.3) is 0 Å².